The van der Waals surface area contributed by atoms with Crippen LogP contribution in [0.15, 0.2) is 32.1 Å². The largest absolute Gasteiger partial charge is 0.463 e. The smallest absolute Gasteiger partial charge is 0.191 e. The standard InChI is InChI=1S/C20H32N4O3.HI/c1-6-15(7-2)17-11-16(27-24-17)12-22-19(21-8-3)23-13-20(5,25)18-10-9-14(4)26-18;/h9-11,15,25H,6-8,12-13H2,1-5H3,(H2,21,22,23);1H. The average molecular weight is 504 g/mol. The molecule has 0 aliphatic carbocycles. The zero-order valence-corrected chi connectivity index (χ0v) is 19.7. The molecule has 0 spiro atoms. The van der Waals surface area contributed by atoms with Crippen molar-refractivity contribution in [3.63, 3.8) is 0 Å². The van der Waals surface area contributed by atoms with Gasteiger partial charge in [-0.2, -0.15) is 0 Å². The topological polar surface area (TPSA) is 95.8 Å². The van der Waals surface area contributed by atoms with Gasteiger partial charge in [0.25, 0.3) is 0 Å². The van der Waals surface area contributed by atoms with Gasteiger partial charge in [-0.3, -0.25) is 0 Å². The summed E-state index contributed by atoms with van der Waals surface area (Å²) in [5, 5.41) is 21.2. The number of rotatable bonds is 9. The first kappa shape index (κ1) is 24.5. The fourth-order valence-electron chi connectivity index (χ4n) is 2.87. The number of guanidine groups is 1. The Morgan fingerprint density at radius 2 is 1.96 bits per heavy atom. The van der Waals surface area contributed by atoms with Crippen molar-refractivity contribution in [2.75, 3.05) is 13.1 Å². The van der Waals surface area contributed by atoms with Crippen LogP contribution in [0.2, 0.25) is 0 Å². The quantitative estimate of drug-likeness (QED) is 0.271. The van der Waals surface area contributed by atoms with Crippen LogP contribution >= 0.6 is 24.0 Å². The first-order valence-corrected chi connectivity index (χ1v) is 9.66. The Morgan fingerprint density at radius 1 is 1.25 bits per heavy atom. The van der Waals surface area contributed by atoms with Crippen molar-refractivity contribution >= 4 is 29.9 Å². The van der Waals surface area contributed by atoms with E-state index in [9.17, 15) is 5.11 Å². The van der Waals surface area contributed by atoms with Gasteiger partial charge in [0.2, 0.25) is 0 Å². The van der Waals surface area contributed by atoms with Crippen molar-refractivity contribution in [2.24, 2.45) is 4.99 Å². The van der Waals surface area contributed by atoms with E-state index < -0.39 is 5.60 Å². The summed E-state index contributed by atoms with van der Waals surface area (Å²) in [6.45, 7) is 11.2. The van der Waals surface area contributed by atoms with Crippen molar-refractivity contribution in [3.05, 3.63) is 41.2 Å². The van der Waals surface area contributed by atoms with Crippen LogP contribution in [-0.4, -0.2) is 29.3 Å². The summed E-state index contributed by atoms with van der Waals surface area (Å²) in [6.07, 6.45) is 2.08. The number of aliphatic imine (C=N–C) groups is 1. The summed E-state index contributed by atoms with van der Waals surface area (Å²) < 4.78 is 11.0. The zero-order chi connectivity index (χ0) is 19.9. The highest BCUT2D eigenvalue weighted by molar-refractivity contribution is 14.0. The molecule has 0 amide bonds. The molecule has 0 saturated carbocycles. The molecule has 2 aromatic heterocycles. The predicted octanol–water partition coefficient (Wildman–Crippen LogP) is 4.06. The molecule has 0 saturated heterocycles. The summed E-state index contributed by atoms with van der Waals surface area (Å²) >= 11 is 0. The van der Waals surface area contributed by atoms with Gasteiger partial charge in [-0.05, 0) is 45.7 Å². The lowest BCUT2D eigenvalue weighted by Crippen LogP contribution is -2.44. The number of aryl methyl sites for hydroxylation is 1. The second kappa shape index (κ2) is 11.5. The molecule has 158 valence electrons. The number of hydrogen-bond donors (Lipinski definition) is 3. The van der Waals surface area contributed by atoms with E-state index in [0.29, 0.717) is 30.7 Å². The third-order valence-electron chi connectivity index (χ3n) is 4.59. The van der Waals surface area contributed by atoms with Crippen LogP contribution in [0.5, 0.6) is 0 Å². The summed E-state index contributed by atoms with van der Waals surface area (Å²) in [6, 6.07) is 5.60. The highest BCUT2D eigenvalue weighted by atomic mass is 127. The third kappa shape index (κ3) is 6.80. The van der Waals surface area contributed by atoms with Gasteiger partial charge >= 0.3 is 0 Å². The normalized spacial score (nSPS) is 13.9. The molecular formula is C20H33IN4O3. The van der Waals surface area contributed by atoms with Gasteiger partial charge in [-0.1, -0.05) is 19.0 Å². The maximum Gasteiger partial charge on any atom is 0.191 e. The summed E-state index contributed by atoms with van der Waals surface area (Å²) in [5.41, 5.74) is -0.154. The number of nitrogens with zero attached hydrogens (tertiary/aromatic N) is 2. The lowest BCUT2D eigenvalue weighted by molar-refractivity contribution is 0.0378. The minimum atomic E-state index is -1.14. The van der Waals surface area contributed by atoms with Crippen molar-refractivity contribution in [1.82, 2.24) is 15.8 Å². The lowest BCUT2D eigenvalue weighted by Gasteiger charge is -2.22. The maximum absolute atomic E-state index is 10.7. The molecule has 0 fully saturated rings. The van der Waals surface area contributed by atoms with E-state index in [1.54, 1.807) is 13.0 Å². The molecule has 7 nitrogen and oxygen atoms in total. The Labute approximate surface area is 184 Å². The molecule has 1 atom stereocenters. The third-order valence-corrected chi connectivity index (χ3v) is 4.59. The molecule has 28 heavy (non-hydrogen) atoms. The van der Waals surface area contributed by atoms with Gasteiger partial charge in [-0.25, -0.2) is 4.99 Å². The molecule has 0 bridgehead atoms. The molecule has 2 rings (SSSR count). The average Bonchev–Trinajstić information content (AvgIpc) is 3.28. The molecule has 0 aliphatic rings. The lowest BCUT2D eigenvalue weighted by atomic mass is 9.99. The number of aromatic nitrogens is 1. The van der Waals surface area contributed by atoms with Gasteiger partial charge in [-0.15, -0.1) is 24.0 Å². The molecule has 1 unspecified atom stereocenters. The van der Waals surface area contributed by atoms with Crippen LogP contribution in [0.3, 0.4) is 0 Å². The van der Waals surface area contributed by atoms with Crippen LogP contribution in [0.4, 0.5) is 0 Å². The number of nitrogens with one attached hydrogen (secondary N) is 2. The van der Waals surface area contributed by atoms with Crippen LogP contribution in [0.25, 0.3) is 0 Å². The van der Waals surface area contributed by atoms with Gasteiger partial charge < -0.3 is 24.7 Å². The highest BCUT2D eigenvalue weighted by Crippen LogP contribution is 2.23. The molecule has 0 aliphatic heterocycles. The molecule has 0 aromatic carbocycles. The van der Waals surface area contributed by atoms with Crippen LogP contribution < -0.4 is 10.6 Å². The van der Waals surface area contributed by atoms with E-state index in [1.807, 2.05) is 26.0 Å². The maximum atomic E-state index is 10.7. The second-order valence-corrected chi connectivity index (χ2v) is 6.96. The van der Waals surface area contributed by atoms with E-state index in [1.165, 1.54) is 0 Å². The molecule has 2 aromatic rings. The van der Waals surface area contributed by atoms with Crippen molar-refractivity contribution in [2.45, 2.75) is 65.5 Å². The predicted molar refractivity (Wildman–Crippen MR) is 121 cm³/mol. The van der Waals surface area contributed by atoms with Gasteiger partial charge in [0.15, 0.2) is 11.7 Å². The fourth-order valence-corrected chi connectivity index (χ4v) is 2.87. The number of aliphatic hydroxyl groups is 1. The van der Waals surface area contributed by atoms with Crippen LogP contribution in [0.1, 0.15) is 69.4 Å². The Balaban J connectivity index is 0.00000392. The Morgan fingerprint density at radius 3 is 2.54 bits per heavy atom. The Hall–Kier alpha value is -1.55. The number of hydrogen-bond acceptors (Lipinski definition) is 5. The summed E-state index contributed by atoms with van der Waals surface area (Å²) in [4.78, 5) is 4.53. The van der Waals surface area contributed by atoms with Crippen LogP contribution in [0, 0.1) is 6.92 Å². The van der Waals surface area contributed by atoms with E-state index in [4.69, 9.17) is 8.94 Å². The molecule has 0 radical (unpaired) electrons. The van der Waals surface area contributed by atoms with Crippen molar-refractivity contribution in [3.8, 4) is 0 Å². The van der Waals surface area contributed by atoms with Crippen LogP contribution in [-0.2, 0) is 12.1 Å². The molecule has 3 N–H and O–H groups in total. The minimum absolute atomic E-state index is 0. The van der Waals surface area contributed by atoms with Crippen molar-refractivity contribution < 1.29 is 14.0 Å². The first-order chi connectivity index (χ1) is 12.9. The molecular weight excluding hydrogens is 471 g/mol. The Kier molecular flexibility index (Phi) is 10.0. The second-order valence-electron chi connectivity index (χ2n) is 6.96. The zero-order valence-electron chi connectivity index (χ0n) is 17.4. The summed E-state index contributed by atoms with van der Waals surface area (Å²) in [5.74, 6) is 3.03. The van der Waals surface area contributed by atoms with E-state index >= 15 is 0 Å². The number of halogens is 1. The van der Waals surface area contributed by atoms with Gasteiger partial charge in [0.1, 0.15) is 23.7 Å². The van der Waals surface area contributed by atoms with E-state index in [0.717, 1.165) is 30.1 Å². The molecule has 8 heteroatoms. The van der Waals surface area contributed by atoms with Gasteiger partial charge in [0.05, 0.1) is 12.2 Å². The Bertz CT molecular complexity index is 735. The summed E-state index contributed by atoms with van der Waals surface area (Å²) in [7, 11) is 0. The highest BCUT2D eigenvalue weighted by Gasteiger charge is 2.27. The first-order valence-electron chi connectivity index (χ1n) is 9.66. The van der Waals surface area contributed by atoms with E-state index in [2.05, 4.69) is 34.6 Å². The number of furan rings is 1. The molecule has 2 heterocycles. The van der Waals surface area contributed by atoms with E-state index in [-0.39, 0.29) is 30.5 Å². The monoisotopic (exact) mass is 504 g/mol. The van der Waals surface area contributed by atoms with Gasteiger partial charge in [0, 0.05) is 18.5 Å². The minimum Gasteiger partial charge on any atom is -0.463 e. The SMILES string of the molecule is CCNC(=NCc1cc(C(CC)CC)no1)NCC(C)(O)c1ccc(C)o1.I. The van der Waals surface area contributed by atoms with Crippen molar-refractivity contribution in [1.29, 1.82) is 0 Å². The fraction of sp³-hybridized carbons (Fsp3) is 0.600.